The Morgan fingerprint density at radius 3 is 2.10 bits per heavy atom. The highest BCUT2D eigenvalue weighted by atomic mass is 32.2. The van der Waals surface area contributed by atoms with E-state index in [0.29, 0.717) is 6.42 Å². The van der Waals surface area contributed by atoms with Gasteiger partial charge in [-0.2, -0.15) is 0 Å². The fourth-order valence-corrected chi connectivity index (χ4v) is 5.91. The van der Waals surface area contributed by atoms with Crippen molar-refractivity contribution in [3.63, 3.8) is 0 Å². The predicted molar refractivity (Wildman–Crippen MR) is 93.0 cm³/mol. The van der Waals surface area contributed by atoms with Crippen LogP contribution in [0.4, 0.5) is 0 Å². The van der Waals surface area contributed by atoms with Crippen molar-refractivity contribution in [1.29, 1.82) is 0 Å². The molecule has 0 N–H and O–H groups in total. The van der Waals surface area contributed by atoms with Crippen molar-refractivity contribution < 1.29 is 4.79 Å². The van der Waals surface area contributed by atoms with Crippen LogP contribution in [0.5, 0.6) is 0 Å². The van der Waals surface area contributed by atoms with E-state index in [9.17, 15) is 4.79 Å². The van der Waals surface area contributed by atoms with Crippen molar-refractivity contribution >= 4 is 29.3 Å². The Labute approximate surface area is 134 Å². The molecule has 0 saturated carbocycles. The molecule has 108 valence electrons. The van der Waals surface area contributed by atoms with Crippen LogP contribution in [-0.2, 0) is 4.08 Å². The molecule has 2 aromatic rings. The maximum Gasteiger partial charge on any atom is 0.162 e. The van der Waals surface area contributed by atoms with Crippen molar-refractivity contribution in [2.75, 3.05) is 11.5 Å². The first-order valence-corrected chi connectivity index (χ1v) is 9.19. The van der Waals surface area contributed by atoms with Gasteiger partial charge in [-0.3, -0.25) is 4.79 Å². The van der Waals surface area contributed by atoms with E-state index in [4.69, 9.17) is 0 Å². The Balaban J connectivity index is 1.74. The highest BCUT2D eigenvalue weighted by molar-refractivity contribution is 8.20. The summed E-state index contributed by atoms with van der Waals surface area (Å²) >= 11 is 3.98. The van der Waals surface area contributed by atoms with Gasteiger partial charge in [0, 0.05) is 23.5 Å². The van der Waals surface area contributed by atoms with Crippen molar-refractivity contribution in [1.82, 2.24) is 0 Å². The van der Waals surface area contributed by atoms with Crippen LogP contribution >= 0.6 is 23.5 Å². The molecule has 2 aromatic carbocycles. The molecule has 1 nitrogen and oxygen atoms in total. The fourth-order valence-electron chi connectivity index (χ4n) is 2.65. The average Bonchev–Trinajstić information content (AvgIpc) is 3.04. The van der Waals surface area contributed by atoms with Gasteiger partial charge in [-0.15, -0.1) is 23.5 Å². The molecule has 1 aliphatic heterocycles. The van der Waals surface area contributed by atoms with Crippen LogP contribution in [0.3, 0.4) is 0 Å². The van der Waals surface area contributed by atoms with Gasteiger partial charge in [0.1, 0.15) is 0 Å². The van der Waals surface area contributed by atoms with Crippen LogP contribution in [0.1, 0.15) is 28.8 Å². The smallest absolute Gasteiger partial charge is 0.162 e. The highest BCUT2D eigenvalue weighted by Crippen LogP contribution is 2.54. The third-order valence-corrected chi connectivity index (χ3v) is 7.34. The van der Waals surface area contributed by atoms with Gasteiger partial charge in [-0.1, -0.05) is 60.7 Å². The van der Waals surface area contributed by atoms with E-state index in [1.165, 1.54) is 17.1 Å². The van der Waals surface area contributed by atoms with Gasteiger partial charge in [0.15, 0.2) is 5.78 Å². The van der Waals surface area contributed by atoms with Crippen LogP contribution in [0.25, 0.3) is 0 Å². The fraction of sp³-hybridized carbons (Fsp3) is 0.278. The monoisotopic (exact) mass is 314 g/mol. The highest BCUT2D eigenvalue weighted by Gasteiger charge is 2.37. The lowest BCUT2D eigenvalue weighted by atomic mass is 10.0. The van der Waals surface area contributed by atoms with Gasteiger partial charge in [0.2, 0.25) is 0 Å². The van der Waals surface area contributed by atoms with E-state index in [1.54, 1.807) is 0 Å². The van der Waals surface area contributed by atoms with Crippen LogP contribution in [0.2, 0.25) is 0 Å². The first kappa shape index (κ1) is 14.7. The van der Waals surface area contributed by atoms with Gasteiger partial charge in [0.25, 0.3) is 0 Å². The molecule has 0 amide bonds. The number of thioether (sulfide) groups is 2. The molecule has 0 aromatic heterocycles. The zero-order valence-electron chi connectivity index (χ0n) is 11.8. The molecule has 0 unspecified atom stereocenters. The van der Waals surface area contributed by atoms with Gasteiger partial charge in [0.05, 0.1) is 4.08 Å². The summed E-state index contributed by atoms with van der Waals surface area (Å²) in [6.07, 6.45) is 1.51. The normalized spacial score (nSPS) is 16.8. The summed E-state index contributed by atoms with van der Waals surface area (Å²) in [5.74, 6) is 2.58. The quantitative estimate of drug-likeness (QED) is 0.724. The lowest BCUT2D eigenvalue weighted by Crippen LogP contribution is -2.16. The minimum atomic E-state index is 0.0612. The molecular formula is C18H18OS2. The molecule has 0 radical (unpaired) electrons. The largest absolute Gasteiger partial charge is 0.294 e. The van der Waals surface area contributed by atoms with E-state index >= 15 is 0 Å². The SMILES string of the molecule is O=C(CCC1(c2ccccc2)SCCS1)c1ccccc1. The first-order chi connectivity index (χ1) is 10.3. The van der Waals surface area contributed by atoms with Crippen LogP contribution in [-0.4, -0.2) is 17.3 Å². The van der Waals surface area contributed by atoms with Crippen molar-refractivity contribution in [2.24, 2.45) is 0 Å². The maximum atomic E-state index is 12.4. The number of Topliss-reactive ketones (excluding diaryl/α,β-unsaturated/α-hetero) is 1. The van der Waals surface area contributed by atoms with Crippen molar-refractivity contribution in [3.05, 3.63) is 71.8 Å². The molecule has 3 heteroatoms. The number of hydrogen-bond donors (Lipinski definition) is 0. The molecule has 0 bridgehead atoms. The second-order valence-electron chi connectivity index (χ2n) is 5.11. The van der Waals surface area contributed by atoms with Crippen molar-refractivity contribution in [2.45, 2.75) is 16.9 Å². The second-order valence-corrected chi connectivity index (χ2v) is 8.15. The first-order valence-electron chi connectivity index (χ1n) is 7.22. The molecule has 3 rings (SSSR count). The van der Waals surface area contributed by atoms with Crippen LogP contribution in [0, 0.1) is 0 Å². The minimum absolute atomic E-state index is 0.0612. The molecule has 1 aliphatic rings. The number of benzene rings is 2. The summed E-state index contributed by atoms with van der Waals surface area (Å²) in [5, 5.41) is 0. The van der Waals surface area contributed by atoms with E-state index in [0.717, 1.165) is 12.0 Å². The summed E-state index contributed by atoms with van der Waals surface area (Å²) in [6.45, 7) is 0. The number of rotatable bonds is 5. The number of ketones is 1. The number of hydrogen-bond acceptors (Lipinski definition) is 3. The maximum absolute atomic E-state index is 12.4. The van der Waals surface area contributed by atoms with Gasteiger partial charge < -0.3 is 0 Å². The summed E-state index contributed by atoms with van der Waals surface area (Å²) in [6, 6.07) is 20.3. The summed E-state index contributed by atoms with van der Waals surface area (Å²) in [5.41, 5.74) is 2.17. The average molecular weight is 314 g/mol. The topological polar surface area (TPSA) is 17.1 Å². The Kier molecular flexibility index (Phi) is 4.71. The van der Waals surface area contributed by atoms with Gasteiger partial charge >= 0.3 is 0 Å². The van der Waals surface area contributed by atoms with Crippen LogP contribution in [0.15, 0.2) is 60.7 Å². The summed E-state index contributed by atoms with van der Waals surface area (Å²) in [7, 11) is 0. The molecule has 0 spiro atoms. The lowest BCUT2D eigenvalue weighted by molar-refractivity contribution is 0.0979. The number of carbonyl (C=O) groups excluding carboxylic acids is 1. The standard InChI is InChI=1S/C18H18OS2/c19-17(15-7-3-1-4-8-15)11-12-18(20-13-14-21-18)16-9-5-2-6-10-16/h1-10H,11-14H2. The third-order valence-electron chi connectivity index (χ3n) is 3.74. The van der Waals surface area contributed by atoms with Crippen LogP contribution < -0.4 is 0 Å². The van der Waals surface area contributed by atoms with E-state index < -0.39 is 0 Å². The summed E-state index contributed by atoms with van der Waals surface area (Å²) in [4.78, 5) is 12.4. The molecule has 0 aliphatic carbocycles. The Hall–Kier alpha value is -1.19. The zero-order chi connectivity index (χ0) is 14.5. The molecule has 1 saturated heterocycles. The zero-order valence-corrected chi connectivity index (χ0v) is 13.5. The Morgan fingerprint density at radius 2 is 1.48 bits per heavy atom. The Bertz CT molecular complexity index is 589. The van der Waals surface area contributed by atoms with Gasteiger partial charge in [-0.05, 0) is 12.0 Å². The van der Waals surface area contributed by atoms with E-state index in [1.807, 2.05) is 53.9 Å². The molecule has 0 atom stereocenters. The van der Waals surface area contributed by atoms with Gasteiger partial charge in [-0.25, -0.2) is 0 Å². The molecule has 1 heterocycles. The molecular weight excluding hydrogens is 296 g/mol. The molecule has 1 fully saturated rings. The number of carbonyl (C=O) groups is 1. The lowest BCUT2D eigenvalue weighted by Gasteiger charge is -2.27. The Morgan fingerprint density at radius 1 is 0.905 bits per heavy atom. The van der Waals surface area contributed by atoms with E-state index in [2.05, 4.69) is 30.3 Å². The third kappa shape index (κ3) is 3.35. The van der Waals surface area contributed by atoms with E-state index in [-0.39, 0.29) is 9.86 Å². The molecule has 21 heavy (non-hydrogen) atoms. The minimum Gasteiger partial charge on any atom is -0.294 e. The summed E-state index contributed by atoms with van der Waals surface area (Å²) < 4.78 is 0.0612. The predicted octanol–water partition coefficient (Wildman–Crippen LogP) is 4.98. The second kappa shape index (κ2) is 6.71. The van der Waals surface area contributed by atoms with Crippen molar-refractivity contribution in [3.8, 4) is 0 Å².